The Morgan fingerprint density at radius 1 is 1.33 bits per heavy atom. The molecule has 0 atom stereocenters. The van der Waals surface area contributed by atoms with Gasteiger partial charge in [0.25, 0.3) is 0 Å². The summed E-state index contributed by atoms with van der Waals surface area (Å²) < 4.78 is 1.62. The molecule has 18 heavy (non-hydrogen) atoms. The summed E-state index contributed by atoms with van der Waals surface area (Å²) in [7, 11) is 0. The summed E-state index contributed by atoms with van der Waals surface area (Å²) in [4.78, 5) is 12.4. The Bertz CT molecular complexity index is 576. The van der Waals surface area contributed by atoms with Crippen LogP contribution in [0.15, 0.2) is 12.3 Å². The van der Waals surface area contributed by atoms with E-state index < -0.39 is 0 Å². The molecular formula is C12H15N5O. The molecule has 0 saturated carbocycles. The molecule has 0 spiro atoms. The normalized spacial score (nSPS) is 10.6. The van der Waals surface area contributed by atoms with Crippen molar-refractivity contribution in [1.82, 2.24) is 25.2 Å². The molecule has 2 heterocycles. The van der Waals surface area contributed by atoms with Crippen molar-refractivity contribution in [3.8, 4) is 0 Å². The van der Waals surface area contributed by atoms with E-state index in [0.717, 1.165) is 12.1 Å². The molecule has 2 aromatic heterocycles. The second-order valence-electron chi connectivity index (χ2n) is 4.16. The fraction of sp³-hybridized carbons (Fsp3) is 0.417. The van der Waals surface area contributed by atoms with Crippen molar-refractivity contribution >= 4 is 5.78 Å². The molecule has 0 aliphatic rings. The first-order chi connectivity index (χ1) is 8.63. The standard InChI is InChI=1S/C12H15N5O/c1-4-5-17-11(7-13-16-17)12(18)10-6-8(2)14-15-9(10)3/h6-7H,4-5H2,1-3H3. The number of aromatic nitrogens is 5. The SMILES string of the molecule is CCCn1nncc1C(=O)c1cc(C)nnc1C. The Labute approximate surface area is 105 Å². The van der Waals surface area contributed by atoms with Gasteiger partial charge in [-0.1, -0.05) is 12.1 Å². The topological polar surface area (TPSA) is 73.6 Å². The van der Waals surface area contributed by atoms with Crippen molar-refractivity contribution in [1.29, 1.82) is 0 Å². The van der Waals surface area contributed by atoms with Crippen LogP contribution >= 0.6 is 0 Å². The van der Waals surface area contributed by atoms with E-state index in [2.05, 4.69) is 20.5 Å². The Morgan fingerprint density at radius 2 is 2.11 bits per heavy atom. The van der Waals surface area contributed by atoms with Crippen LogP contribution in [-0.4, -0.2) is 31.0 Å². The summed E-state index contributed by atoms with van der Waals surface area (Å²) >= 11 is 0. The minimum Gasteiger partial charge on any atom is -0.287 e. The molecule has 2 aromatic rings. The molecule has 0 fully saturated rings. The molecule has 94 valence electrons. The number of hydrogen-bond acceptors (Lipinski definition) is 5. The van der Waals surface area contributed by atoms with E-state index in [-0.39, 0.29) is 5.78 Å². The van der Waals surface area contributed by atoms with E-state index in [1.54, 1.807) is 17.7 Å². The van der Waals surface area contributed by atoms with Crippen LogP contribution in [0.3, 0.4) is 0 Å². The summed E-state index contributed by atoms with van der Waals surface area (Å²) in [5.74, 6) is -0.107. The number of carbonyl (C=O) groups excluding carboxylic acids is 1. The van der Waals surface area contributed by atoms with E-state index >= 15 is 0 Å². The van der Waals surface area contributed by atoms with Crippen molar-refractivity contribution in [2.75, 3.05) is 0 Å². The molecule has 0 radical (unpaired) electrons. The van der Waals surface area contributed by atoms with Gasteiger partial charge in [-0.05, 0) is 26.3 Å². The molecule has 0 unspecified atom stereocenters. The van der Waals surface area contributed by atoms with Crippen LogP contribution < -0.4 is 0 Å². The summed E-state index contributed by atoms with van der Waals surface area (Å²) in [6.07, 6.45) is 2.39. The van der Waals surface area contributed by atoms with Crippen LogP contribution in [0.5, 0.6) is 0 Å². The smallest absolute Gasteiger partial charge is 0.214 e. The van der Waals surface area contributed by atoms with Crippen molar-refractivity contribution in [2.45, 2.75) is 33.7 Å². The van der Waals surface area contributed by atoms with Crippen molar-refractivity contribution in [2.24, 2.45) is 0 Å². The maximum Gasteiger partial charge on any atom is 0.214 e. The van der Waals surface area contributed by atoms with Crippen molar-refractivity contribution in [3.05, 3.63) is 34.9 Å². The second kappa shape index (κ2) is 5.03. The Morgan fingerprint density at radius 3 is 2.83 bits per heavy atom. The van der Waals surface area contributed by atoms with Gasteiger partial charge >= 0.3 is 0 Å². The third-order valence-corrected chi connectivity index (χ3v) is 2.63. The van der Waals surface area contributed by atoms with E-state index in [9.17, 15) is 4.79 Å². The number of ketones is 1. The van der Waals surface area contributed by atoms with Gasteiger partial charge in [0.2, 0.25) is 5.78 Å². The molecule has 6 heteroatoms. The van der Waals surface area contributed by atoms with Crippen molar-refractivity contribution in [3.63, 3.8) is 0 Å². The molecular weight excluding hydrogens is 230 g/mol. The first kappa shape index (κ1) is 12.3. The number of rotatable bonds is 4. The van der Waals surface area contributed by atoms with Gasteiger partial charge in [-0.25, -0.2) is 4.68 Å². The van der Waals surface area contributed by atoms with Crippen LogP contribution in [-0.2, 0) is 6.54 Å². The Kier molecular flexibility index (Phi) is 3.45. The minimum absolute atomic E-state index is 0.107. The molecule has 0 amide bonds. The monoisotopic (exact) mass is 245 g/mol. The molecule has 6 nitrogen and oxygen atoms in total. The first-order valence-electron chi connectivity index (χ1n) is 5.87. The minimum atomic E-state index is -0.107. The fourth-order valence-corrected chi connectivity index (χ4v) is 1.73. The highest BCUT2D eigenvalue weighted by atomic mass is 16.1. The van der Waals surface area contributed by atoms with E-state index in [1.165, 1.54) is 6.20 Å². The van der Waals surface area contributed by atoms with E-state index in [1.807, 2.05) is 13.8 Å². The molecule has 2 rings (SSSR count). The highest BCUT2D eigenvalue weighted by Crippen LogP contribution is 2.12. The van der Waals surface area contributed by atoms with Crippen molar-refractivity contribution < 1.29 is 4.79 Å². The lowest BCUT2D eigenvalue weighted by Gasteiger charge is -2.06. The van der Waals surface area contributed by atoms with E-state index in [4.69, 9.17) is 0 Å². The third kappa shape index (κ3) is 2.27. The van der Waals surface area contributed by atoms with Crippen LogP contribution in [0.4, 0.5) is 0 Å². The van der Waals surface area contributed by atoms with Crippen LogP contribution in [0.1, 0.15) is 40.8 Å². The zero-order valence-electron chi connectivity index (χ0n) is 10.7. The quantitative estimate of drug-likeness (QED) is 0.760. The average molecular weight is 245 g/mol. The van der Waals surface area contributed by atoms with E-state index in [0.29, 0.717) is 23.5 Å². The maximum atomic E-state index is 12.4. The molecule has 0 aliphatic heterocycles. The maximum absolute atomic E-state index is 12.4. The van der Waals surface area contributed by atoms with Gasteiger partial charge < -0.3 is 0 Å². The number of carbonyl (C=O) groups is 1. The fourth-order valence-electron chi connectivity index (χ4n) is 1.73. The lowest BCUT2D eigenvalue weighted by molar-refractivity contribution is 0.102. The second-order valence-corrected chi connectivity index (χ2v) is 4.16. The van der Waals surface area contributed by atoms with Gasteiger partial charge in [0.15, 0.2) is 0 Å². The zero-order chi connectivity index (χ0) is 13.1. The molecule has 0 N–H and O–H groups in total. The van der Waals surface area contributed by atoms with Gasteiger partial charge in [-0.2, -0.15) is 10.2 Å². The summed E-state index contributed by atoms with van der Waals surface area (Å²) in [6.45, 7) is 6.29. The summed E-state index contributed by atoms with van der Waals surface area (Å²) in [6, 6.07) is 1.74. The van der Waals surface area contributed by atoms with Gasteiger partial charge in [-0.3, -0.25) is 4.79 Å². The predicted octanol–water partition coefficient (Wildman–Crippen LogP) is 1.33. The van der Waals surface area contributed by atoms with Crippen LogP contribution in [0, 0.1) is 13.8 Å². The van der Waals surface area contributed by atoms with Crippen LogP contribution in [0.25, 0.3) is 0 Å². The van der Waals surface area contributed by atoms with Gasteiger partial charge in [0.1, 0.15) is 5.69 Å². The molecule has 0 aliphatic carbocycles. The number of aryl methyl sites for hydroxylation is 3. The van der Waals surface area contributed by atoms with Crippen LogP contribution in [0.2, 0.25) is 0 Å². The first-order valence-corrected chi connectivity index (χ1v) is 5.87. The third-order valence-electron chi connectivity index (χ3n) is 2.63. The van der Waals surface area contributed by atoms with Gasteiger partial charge in [0.05, 0.1) is 17.6 Å². The lowest BCUT2D eigenvalue weighted by Crippen LogP contribution is -2.13. The molecule has 0 aromatic carbocycles. The number of hydrogen-bond donors (Lipinski definition) is 0. The molecule has 0 bridgehead atoms. The highest BCUT2D eigenvalue weighted by Gasteiger charge is 2.18. The predicted molar refractivity (Wildman–Crippen MR) is 65.3 cm³/mol. The average Bonchev–Trinajstić information content (AvgIpc) is 2.80. The molecule has 0 saturated heterocycles. The lowest BCUT2D eigenvalue weighted by atomic mass is 10.1. The van der Waals surface area contributed by atoms with Gasteiger partial charge in [0, 0.05) is 12.1 Å². The summed E-state index contributed by atoms with van der Waals surface area (Å²) in [5, 5.41) is 15.6. The largest absolute Gasteiger partial charge is 0.287 e. The van der Waals surface area contributed by atoms with Gasteiger partial charge in [-0.15, -0.1) is 5.10 Å². The highest BCUT2D eigenvalue weighted by molar-refractivity contribution is 6.08. The summed E-state index contributed by atoms with van der Waals surface area (Å²) in [5.41, 5.74) is 2.39. The zero-order valence-corrected chi connectivity index (χ0v) is 10.7. The Hall–Kier alpha value is -2.11. The number of nitrogens with zero attached hydrogens (tertiary/aromatic N) is 5. The Balaban J connectivity index is 2.41.